The Kier molecular flexibility index (Phi) is 7.50. The maximum absolute atomic E-state index is 12.8. The Morgan fingerprint density at radius 2 is 2.00 bits per heavy atom. The fourth-order valence-electron chi connectivity index (χ4n) is 3.33. The summed E-state index contributed by atoms with van der Waals surface area (Å²) < 4.78 is 25.6. The van der Waals surface area contributed by atoms with Gasteiger partial charge in [0.2, 0.25) is 5.91 Å². The van der Waals surface area contributed by atoms with E-state index in [-0.39, 0.29) is 40.3 Å². The fraction of sp³-hybridized carbons (Fsp3) is 0.556. The summed E-state index contributed by atoms with van der Waals surface area (Å²) in [5, 5.41) is 11.1. The van der Waals surface area contributed by atoms with Crippen LogP contribution in [0.1, 0.15) is 32.6 Å². The Hall–Kier alpha value is -1.56. The normalized spacial score (nSPS) is 21.6. The van der Waals surface area contributed by atoms with Crippen LogP contribution in [0.25, 0.3) is 0 Å². The number of rotatable bonds is 7. The molecule has 0 bridgehead atoms. The number of amides is 1. The van der Waals surface area contributed by atoms with Crippen LogP contribution in [-0.4, -0.2) is 32.0 Å². The van der Waals surface area contributed by atoms with Crippen LogP contribution >= 0.6 is 11.8 Å². The first-order valence-electron chi connectivity index (χ1n) is 8.73. The Bertz CT molecular complexity index is 755. The van der Waals surface area contributed by atoms with Crippen LogP contribution in [0.5, 0.6) is 0 Å². The molecule has 26 heavy (non-hydrogen) atoms. The number of carbonyl (C=O) groups excluding carboxylic acids is 1. The van der Waals surface area contributed by atoms with Gasteiger partial charge in [-0.05, 0) is 49.9 Å². The van der Waals surface area contributed by atoms with Crippen molar-refractivity contribution in [3.05, 3.63) is 24.3 Å². The molecule has 142 valence electrons. The highest BCUT2D eigenvalue weighted by atomic mass is 32.2. The molecular weight excluding hydrogens is 370 g/mol. The molecule has 0 aliphatic heterocycles. The number of hydrogen-bond acceptors (Lipinski definition) is 6. The number of thioether (sulfide) groups is 1. The zero-order chi connectivity index (χ0) is 19.2. The molecule has 0 aromatic heterocycles. The van der Waals surface area contributed by atoms with Gasteiger partial charge in [0.15, 0.2) is 9.84 Å². The maximum Gasteiger partial charge on any atom is 0.224 e. The van der Waals surface area contributed by atoms with Crippen molar-refractivity contribution in [2.75, 3.05) is 12.3 Å². The van der Waals surface area contributed by atoms with Crippen molar-refractivity contribution < 1.29 is 13.2 Å². The molecule has 3 atom stereocenters. The van der Waals surface area contributed by atoms with E-state index < -0.39 is 9.84 Å². The molecule has 8 heteroatoms. The third-order valence-electron chi connectivity index (χ3n) is 4.53. The van der Waals surface area contributed by atoms with Gasteiger partial charge in [-0.15, -0.1) is 11.8 Å². The van der Waals surface area contributed by atoms with Crippen molar-refractivity contribution in [3.63, 3.8) is 0 Å². The predicted molar refractivity (Wildman–Crippen MR) is 102 cm³/mol. The molecule has 0 radical (unpaired) electrons. The lowest BCUT2D eigenvalue weighted by molar-refractivity contribution is -0.127. The second kappa shape index (κ2) is 9.40. The maximum atomic E-state index is 12.8. The second-order valence-electron chi connectivity index (χ2n) is 6.60. The van der Waals surface area contributed by atoms with E-state index in [0.29, 0.717) is 12.8 Å². The summed E-state index contributed by atoms with van der Waals surface area (Å²) in [4.78, 5) is 13.5. The number of sulfone groups is 1. The van der Waals surface area contributed by atoms with Gasteiger partial charge in [-0.3, -0.25) is 4.79 Å². The van der Waals surface area contributed by atoms with E-state index in [2.05, 4.69) is 5.32 Å². The Balaban J connectivity index is 2.10. The van der Waals surface area contributed by atoms with E-state index in [4.69, 9.17) is 11.0 Å². The highest BCUT2D eigenvalue weighted by molar-refractivity contribution is 7.99. The average molecular weight is 396 g/mol. The monoisotopic (exact) mass is 395 g/mol. The molecule has 0 spiro atoms. The van der Waals surface area contributed by atoms with Crippen LogP contribution in [0.3, 0.4) is 0 Å². The Morgan fingerprint density at radius 1 is 1.35 bits per heavy atom. The molecule has 2 rings (SSSR count). The van der Waals surface area contributed by atoms with Gasteiger partial charge in [-0.2, -0.15) is 5.26 Å². The van der Waals surface area contributed by atoms with Gasteiger partial charge < -0.3 is 11.1 Å². The molecule has 1 aromatic rings. The summed E-state index contributed by atoms with van der Waals surface area (Å²) in [5.74, 6) is -0.822. The van der Waals surface area contributed by atoms with Crippen molar-refractivity contribution >= 4 is 27.5 Å². The topological polar surface area (TPSA) is 113 Å². The molecule has 1 aromatic carbocycles. The van der Waals surface area contributed by atoms with E-state index >= 15 is 0 Å². The summed E-state index contributed by atoms with van der Waals surface area (Å²) in [5.41, 5.74) is 5.74. The highest BCUT2D eigenvalue weighted by Gasteiger charge is 2.34. The van der Waals surface area contributed by atoms with Crippen LogP contribution in [0.4, 0.5) is 0 Å². The van der Waals surface area contributed by atoms with Crippen LogP contribution < -0.4 is 11.1 Å². The van der Waals surface area contributed by atoms with Gasteiger partial charge in [0.05, 0.1) is 22.1 Å². The van der Waals surface area contributed by atoms with E-state index in [1.165, 1.54) is 11.8 Å². The molecule has 1 amide bonds. The minimum Gasteiger partial charge on any atom is -0.343 e. The zero-order valence-corrected chi connectivity index (χ0v) is 16.5. The van der Waals surface area contributed by atoms with E-state index in [0.717, 1.165) is 17.7 Å². The average Bonchev–Trinajstić information content (AvgIpc) is 2.59. The first-order chi connectivity index (χ1) is 12.3. The quantitative estimate of drug-likeness (QED) is 0.416. The summed E-state index contributed by atoms with van der Waals surface area (Å²) in [6.45, 7) is 1.82. The number of benzene rings is 1. The van der Waals surface area contributed by atoms with Gasteiger partial charge in [-0.25, -0.2) is 8.42 Å². The first kappa shape index (κ1) is 20.7. The molecule has 6 nitrogen and oxygen atoms in total. The number of nitrogens with zero attached hydrogens (tertiary/aromatic N) is 1. The Morgan fingerprint density at radius 3 is 2.62 bits per heavy atom. The molecule has 0 saturated heterocycles. The van der Waals surface area contributed by atoms with Crippen LogP contribution in [0.2, 0.25) is 0 Å². The van der Waals surface area contributed by atoms with Gasteiger partial charge in [-0.1, -0.05) is 12.8 Å². The lowest BCUT2D eigenvalue weighted by Gasteiger charge is -2.30. The van der Waals surface area contributed by atoms with Gasteiger partial charge in [0.1, 0.15) is 6.54 Å². The van der Waals surface area contributed by atoms with Gasteiger partial charge in [0.25, 0.3) is 0 Å². The number of nitrogens with one attached hydrogen (secondary N) is 1. The van der Waals surface area contributed by atoms with Crippen LogP contribution in [0, 0.1) is 23.2 Å². The number of nitrogens with two attached hydrogens (primary N) is 1. The third-order valence-corrected chi connectivity index (χ3v) is 7.30. The predicted octanol–water partition coefficient (Wildman–Crippen LogP) is 2.30. The summed E-state index contributed by atoms with van der Waals surface area (Å²) in [6.07, 6.45) is 3.21. The fourth-order valence-corrected chi connectivity index (χ4v) is 5.76. The molecule has 1 unspecified atom stereocenters. The Labute approximate surface area is 159 Å². The van der Waals surface area contributed by atoms with Crippen LogP contribution in [0.15, 0.2) is 34.1 Å². The molecule has 1 fully saturated rings. The lowest BCUT2D eigenvalue weighted by atomic mass is 9.80. The van der Waals surface area contributed by atoms with Crippen molar-refractivity contribution in [3.8, 4) is 6.07 Å². The number of hydrogen-bond donors (Lipinski definition) is 2. The molecule has 3 N–H and O–H groups in total. The first-order valence-corrected chi connectivity index (χ1v) is 11.3. The SMILES string of the molecule is CC(N)Sc1ccc(S(=O)(=O)C[C@H]2CCCC[C@@H]2C(=O)NCC#N)cc1. The van der Waals surface area contributed by atoms with Crippen LogP contribution in [-0.2, 0) is 14.6 Å². The van der Waals surface area contributed by atoms with Crippen molar-refractivity contribution in [1.29, 1.82) is 5.26 Å². The highest BCUT2D eigenvalue weighted by Crippen LogP contribution is 2.33. The summed E-state index contributed by atoms with van der Waals surface area (Å²) in [7, 11) is -3.48. The van der Waals surface area contributed by atoms with Crippen molar-refractivity contribution in [2.45, 2.75) is 47.8 Å². The molecular formula is C18H25N3O3S2. The minimum atomic E-state index is -3.48. The molecule has 1 aliphatic rings. The molecule has 1 aliphatic carbocycles. The largest absolute Gasteiger partial charge is 0.343 e. The molecule has 0 heterocycles. The minimum absolute atomic E-state index is 0.0442. The van der Waals surface area contributed by atoms with Crippen molar-refractivity contribution in [1.82, 2.24) is 5.32 Å². The molecule has 1 saturated carbocycles. The summed E-state index contributed by atoms with van der Waals surface area (Å²) >= 11 is 1.47. The smallest absolute Gasteiger partial charge is 0.224 e. The standard InChI is InChI=1S/C18H25N3O3S2/c1-13(20)25-15-6-8-16(9-7-15)26(23,24)12-14-4-2-3-5-17(14)18(22)21-11-10-19/h6-9,13-14,17H,2-5,11-12,20H2,1H3,(H,21,22)/t13?,14-,17+/m1/s1. The van der Waals surface area contributed by atoms with Gasteiger partial charge >= 0.3 is 0 Å². The van der Waals surface area contributed by atoms with Gasteiger partial charge in [0, 0.05) is 10.8 Å². The summed E-state index contributed by atoms with van der Waals surface area (Å²) in [6, 6.07) is 8.62. The van der Waals surface area contributed by atoms with E-state index in [9.17, 15) is 13.2 Å². The number of carbonyl (C=O) groups is 1. The second-order valence-corrected chi connectivity index (χ2v) is 10.1. The third kappa shape index (κ3) is 5.73. The van der Waals surface area contributed by atoms with E-state index in [1.807, 2.05) is 13.0 Å². The zero-order valence-electron chi connectivity index (χ0n) is 14.8. The number of nitriles is 1. The lowest BCUT2D eigenvalue weighted by Crippen LogP contribution is -2.39. The van der Waals surface area contributed by atoms with E-state index in [1.54, 1.807) is 24.3 Å². The van der Waals surface area contributed by atoms with Crippen molar-refractivity contribution in [2.24, 2.45) is 17.6 Å².